The van der Waals surface area contributed by atoms with Crippen LogP contribution in [-0.4, -0.2) is 33.6 Å². The van der Waals surface area contributed by atoms with Gasteiger partial charge < -0.3 is 20.5 Å². The number of amides is 1. The number of fused-ring (bicyclic) bond motifs is 4. The smallest absolute Gasteiger partial charge is 0.311 e. The summed E-state index contributed by atoms with van der Waals surface area (Å²) in [7, 11) is 0. The zero-order valence-electron chi connectivity index (χ0n) is 15.5. The molecule has 3 heterocycles. The second kappa shape index (κ2) is 6.59. The molecule has 4 rings (SSSR count). The maximum Gasteiger partial charge on any atom is 0.311 e. The van der Waals surface area contributed by atoms with Gasteiger partial charge in [0.05, 0.1) is 29.2 Å². The number of esters is 1. The second-order valence-electron chi connectivity index (χ2n) is 6.51. The number of nitriles is 1. The molecule has 0 saturated heterocycles. The SMILES string of the molecule is CCOC(=O)Cc1[nH]nc2c1[C@@]1(C(=O)Nc3ccc([N+](=O)[O-])cc31)C(C#N)=C(N)O2. The predicted molar refractivity (Wildman–Crippen MR) is 98.9 cm³/mol. The van der Waals surface area contributed by atoms with Crippen LogP contribution in [0.4, 0.5) is 11.4 Å². The van der Waals surface area contributed by atoms with E-state index in [1.807, 2.05) is 6.07 Å². The van der Waals surface area contributed by atoms with Gasteiger partial charge in [0.25, 0.3) is 5.69 Å². The van der Waals surface area contributed by atoms with E-state index in [9.17, 15) is 25.0 Å². The molecule has 1 aromatic carbocycles. The van der Waals surface area contributed by atoms with Gasteiger partial charge in [-0.3, -0.25) is 24.8 Å². The number of nitrogens with zero attached hydrogens (tertiary/aromatic N) is 3. The Morgan fingerprint density at radius 3 is 2.93 bits per heavy atom. The summed E-state index contributed by atoms with van der Waals surface area (Å²) in [4.78, 5) is 36.1. The van der Waals surface area contributed by atoms with E-state index in [2.05, 4.69) is 15.5 Å². The Kier molecular flexibility index (Phi) is 4.16. The van der Waals surface area contributed by atoms with Gasteiger partial charge in [-0.1, -0.05) is 0 Å². The van der Waals surface area contributed by atoms with E-state index < -0.39 is 22.2 Å². The molecule has 2 aliphatic heterocycles. The van der Waals surface area contributed by atoms with Crippen molar-refractivity contribution in [2.75, 3.05) is 11.9 Å². The van der Waals surface area contributed by atoms with Crippen LogP contribution in [0.2, 0.25) is 0 Å². The average Bonchev–Trinajstić information content (AvgIpc) is 3.21. The molecule has 152 valence electrons. The Morgan fingerprint density at radius 1 is 1.50 bits per heavy atom. The normalized spacial score (nSPS) is 18.9. The van der Waals surface area contributed by atoms with Crippen molar-refractivity contribution in [2.45, 2.75) is 18.8 Å². The van der Waals surface area contributed by atoms with E-state index in [0.29, 0.717) is 0 Å². The Bertz CT molecular complexity index is 1190. The molecule has 12 nitrogen and oxygen atoms in total. The van der Waals surface area contributed by atoms with Gasteiger partial charge in [-0.2, -0.15) is 5.26 Å². The zero-order chi connectivity index (χ0) is 21.6. The molecule has 1 aromatic heterocycles. The van der Waals surface area contributed by atoms with Crippen LogP contribution in [-0.2, 0) is 26.2 Å². The number of ether oxygens (including phenoxy) is 2. The van der Waals surface area contributed by atoms with Crippen molar-refractivity contribution < 1.29 is 24.0 Å². The van der Waals surface area contributed by atoms with Gasteiger partial charge in [0.2, 0.25) is 17.7 Å². The minimum atomic E-state index is -1.87. The van der Waals surface area contributed by atoms with Crippen LogP contribution < -0.4 is 15.8 Å². The molecular weight excluding hydrogens is 396 g/mol. The number of hydrogen-bond acceptors (Lipinski definition) is 9. The monoisotopic (exact) mass is 410 g/mol. The molecule has 2 aliphatic rings. The van der Waals surface area contributed by atoms with E-state index in [4.69, 9.17) is 15.2 Å². The topological polar surface area (TPSA) is 186 Å². The number of anilines is 1. The van der Waals surface area contributed by atoms with Crippen molar-refractivity contribution in [3.63, 3.8) is 0 Å². The van der Waals surface area contributed by atoms with Gasteiger partial charge in [-0.15, -0.1) is 5.10 Å². The number of nitro benzene ring substituents is 1. The highest BCUT2D eigenvalue weighted by Gasteiger charge is 2.59. The lowest BCUT2D eigenvalue weighted by atomic mass is 9.68. The van der Waals surface area contributed by atoms with Crippen molar-refractivity contribution in [3.05, 3.63) is 56.6 Å². The second-order valence-corrected chi connectivity index (χ2v) is 6.51. The molecule has 1 amide bonds. The van der Waals surface area contributed by atoms with Crippen molar-refractivity contribution in [3.8, 4) is 11.9 Å². The number of nitrogens with one attached hydrogen (secondary N) is 2. The van der Waals surface area contributed by atoms with Gasteiger partial charge in [-0.25, -0.2) is 0 Å². The molecular formula is C18H14N6O6. The minimum absolute atomic E-state index is 0.0815. The Labute approximate surface area is 168 Å². The number of non-ortho nitro benzene ring substituents is 1. The highest BCUT2D eigenvalue weighted by molar-refractivity contribution is 6.13. The number of nitro groups is 1. The number of rotatable bonds is 4. The molecule has 0 bridgehead atoms. The zero-order valence-corrected chi connectivity index (χ0v) is 15.5. The average molecular weight is 410 g/mol. The lowest BCUT2D eigenvalue weighted by Gasteiger charge is -2.31. The number of benzene rings is 1. The first kappa shape index (κ1) is 18.9. The summed E-state index contributed by atoms with van der Waals surface area (Å²) in [5.41, 5.74) is 4.13. The highest BCUT2D eigenvalue weighted by Crippen LogP contribution is 2.54. The first-order chi connectivity index (χ1) is 14.3. The van der Waals surface area contributed by atoms with E-state index in [0.717, 1.165) is 0 Å². The molecule has 1 spiro atoms. The summed E-state index contributed by atoms with van der Waals surface area (Å²) in [5.74, 6) is -1.75. The highest BCUT2D eigenvalue weighted by atomic mass is 16.6. The molecule has 1 atom stereocenters. The summed E-state index contributed by atoms with van der Waals surface area (Å²) >= 11 is 0. The summed E-state index contributed by atoms with van der Waals surface area (Å²) < 4.78 is 10.4. The Balaban J connectivity index is 2.03. The maximum absolute atomic E-state index is 13.3. The van der Waals surface area contributed by atoms with Gasteiger partial charge in [0.15, 0.2) is 0 Å². The molecule has 0 radical (unpaired) electrons. The Morgan fingerprint density at radius 2 is 2.27 bits per heavy atom. The lowest BCUT2D eigenvalue weighted by Crippen LogP contribution is -2.43. The predicted octanol–water partition coefficient (Wildman–Crippen LogP) is 0.748. The van der Waals surface area contributed by atoms with E-state index in [1.165, 1.54) is 18.2 Å². The number of aromatic nitrogens is 2. The largest absolute Gasteiger partial charge is 0.466 e. The number of carbonyl (C=O) groups is 2. The molecule has 0 saturated carbocycles. The number of carbonyl (C=O) groups excluding carboxylic acids is 2. The number of H-pyrrole nitrogens is 1. The van der Waals surface area contributed by atoms with Crippen LogP contribution in [0.3, 0.4) is 0 Å². The van der Waals surface area contributed by atoms with Crippen LogP contribution in [0, 0.1) is 21.4 Å². The molecule has 4 N–H and O–H groups in total. The minimum Gasteiger partial charge on any atom is -0.466 e. The van der Waals surface area contributed by atoms with Gasteiger partial charge in [0, 0.05) is 23.4 Å². The maximum atomic E-state index is 13.3. The van der Waals surface area contributed by atoms with Crippen LogP contribution in [0.5, 0.6) is 5.88 Å². The van der Waals surface area contributed by atoms with Crippen molar-refractivity contribution in [2.24, 2.45) is 5.73 Å². The number of aromatic amines is 1. The van der Waals surface area contributed by atoms with Gasteiger partial charge >= 0.3 is 5.97 Å². The summed E-state index contributed by atoms with van der Waals surface area (Å²) in [6, 6.07) is 5.67. The number of hydrogen-bond donors (Lipinski definition) is 3. The first-order valence-electron chi connectivity index (χ1n) is 8.76. The lowest BCUT2D eigenvalue weighted by molar-refractivity contribution is -0.384. The summed E-state index contributed by atoms with van der Waals surface area (Å²) in [6.07, 6.45) is -0.294. The molecule has 30 heavy (non-hydrogen) atoms. The standard InChI is InChI=1S/C18H14N6O6/c1-2-29-13(25)6-12-14-16(23-22-12)30-15(20)10(7-19)18(14)9-5-8(24(27)28)3-4-11(9)21-17(18)26/h3-5H,2,6,20H2,1H3,(H,21,26)(H,22,23)/t18-/m0/s1. The van der Waals surface area contributed by atoms with Gasteiger partial charge in [0.1, 0.15) is 17.1 Å². The van der Waals surface area contributed by atoms with Crippen LogP contribution >= 0.6 is 0 Å². The first-order valence-corrected chi connectivity index (χ1v) is 8.76. The van der Waals surface area contributed by atoms with Crippen molar-refractivity contribution in [1.29, 1.82) is 5.26 Å². The third-order valence-electron chi connectivity index (χ3n) is 4.96. The Hall–Kier alpha value is -4.40. The molecule has 2 aromatic rings. The van der Waals surface area contributed by atoms with E-state index in [1.54, 1.807) is 6.92 Å². The fourth-order valence-electron chi connectivity index (χ4n) is 3.81. The van der Waals surface area contributed by atoms with E-state index >= 15 is 0 Å². The molecule has 0 aliphatic carbocycles. The fraction of sp³-hybridized carbons (Fsp3) is 0.222. The van der Waals surface area contributed by atoms with Crippen molar-refractivity contribution >= 4 is 23.3 Å². The van der Waals surface area contributed by atoms with Crippen molar-refractivity contribution in [1.82, 2.24) is 10.2 Å². The van der Waals surface area contributed by atoms with E-state index in [-0.39, 0.29) is 58.6 Å². The molecule has 0 unspecified atom stereocenters. The summed E-state index contributed by atoms with van der Waals surface area (Å²) in [5, 5.41) is 30.4. The molecule has 0 fully saturated rings. The van der Waals surface area contributed by atoms with Crippen LogP contribution in [0.15, 0.2) is 29.7 Å². The molecule has 12 heteroatoms. The van der Waals surface area contributed by atoms with Crippen LogP contribution in [0.25, 0.3) is 0 Å². The fourth-order valence-corrected chi connectivity index (χ4v) is 3.81. The van der Waals surface area contributed by atoms with Gasteiger partial charge in [-0.05, 0) is 13.0 Å². The summed E-state index contributed by atoms with van der Waals surface area (Å²) in [6.45, 7) is 1.78. The number of nitrogens with two attached hydrogens (primary N) is 1. The quantitative estimate of drug-likeness (QED) is 0.371. The van der Waals surface area contributed by atoms with Crippen LogP contribution in [0.1, 0.15) is 23.7 Å². The third-order valence-corrected chi connectivity index (χ3v) is 4.96. The third kappa shape index (κ3) is 2.42.